The molecular formula is C10H12Cl2N2. The van der Waals surface area contributed by atoms with Gasteiger partial charge in [0.05, 0.1) is 0 Å². The standard InChI is InChI=1S/C10H10N2.2ClH/c11-8-4-5-9-7(6-8)2-1-3-10(9)12;;/h1-6H,11-12H2;2*1H. The fourth-order valence-electron chi connectivity index (χ4n) is 1.33. The Kier molecular flexibility index (Phi) is 4.54. The lowest BCUT2D eigenvalue weighted by molar-refractivity contribution is 1.71. The molecule has 0 bridgehead atoms. The van der Waals surface area contributed by atoms with Crippen LogP contribution in [0.4, 0.5) is 11.4 Å². The highest BCUT2D eigenvalue weighted by atomic mass is 35.5. The van der Waals surface area contributed by atoms with Gasteiger partial charge in [0, 0.05) is 16.8 Å². The maximum Gasteiger partial charge on any atom is 0.0393 e. The van der Waals surface area contributed by atoms with Crippen LogP contribution in [-0.2, 0) is 0 Å². The zero-order chi connectivity index (χ0) is 8.55. The Bertz CT molecular complexity index is 429. The smallest absolute Gasteiger partial charge is 0.0393 e. The normalized spacial score (nSPS) is 8.86. The number of nitrogen functional groups attached to an aromatic ring is 2. The van der Waals surface area contributed by atoms with E-state index in [1.165, 1.54) is 0 Å². The van der Waals surface area contributed by atoms with Gasteiger partial charge in [0.1, 0.15) is 0 Å². The number of anilines is 2. The molecule has 0 atom stereocenters. The van der Waals surface area contributed by atoms with E-state index in [0.717, 1.165) is 22.1 Å². The van der Waals surface area contributed by atoms with Gasteiger partial charge in [-0.05, 0) is 23.6 Å². The second-order valence-electron chi connectivity index (χ2n) is 2.83. The molecule has 2 rings (SSSR count). The van der Waals surface area contributed by atoms with Crippen LogP contribution in [0.3, 0.4) is 0 Å². The summed E-state index contributed by atoms with van der Waals surface area (Å²) in [5.41, 5.74) is 13.0. The van der Waals surface area contributed by atoms with E-state index in [-0.39, 0.29) is 24.8 Å². The SMILES string of the molecule is Cl.Cl.Nc1ccc2c(N)cccc2c1. The first-order chi connectivity index (χ1) is 5.77. The molecule has 0 aliphatic carbocycles. The van der Waals surface area contributed by atoms with Crippen molar-refractivity contribution in [3.05, 3.63) is 36.4 Å². The third-order valence-corrected chi connectivity index (χ3v) is 1.94. The van der Waals surface area contributed by atoms with Crippen molar-refractivity contribution in [3.8, 4) is 0 Å². The summed E-state index contributed by atoms with van der Waals surface area (Å²) >= 11 is 0. The van der Waals surface area contributed by atoms with Gasteiger partial charge in [-0.2, -0.15) is 0 Å². The molecule has 14 heavy (non-hydrogen) atoms. The van der Waals surface area contributed by atoms with Gasteiger partial charge >= 0.3 is 0 Å². The summed E-state index contributed by atoms with van der Waals surface area (Å²) in [5.74, 6) is 0. The minimum atomic E-state index is 0. The van der Waals surface area contributed by atoms with Crippen LogP contribution in [0.2, 0.25) is 0 Å². The molecule has 0 spiro atoms. The first-order valence-corrected chi connectivity index (χ1v) is 3.81. The third-order valence-electron chi connectivity index (χ3n) is 1.94. The molecule has 0 heterocycles. The first-order valence-electron chi connectivity index (χ1n) is 3.81. The Morgan fingerprint density at radius 2 is 1.57 bits per heavy atom. The van der Waals surface area contributed by atoms with Crippen LogP contribution in [0.5, 0.6) is 0 Å². The van der Waals surface area contributed by atoms with Crippen LogP contribution in [0.1, 0.15) is 0 Å². The number of hydrogen-bond donors (Lipinski definition) is 2. The average molecular weight is 231 g/mol. The maximum absolute atomic E-state index is 5.77. The summed E-state index contributed by atoms with van der Waals surface area (Å²) in [5, 5.41) is 2.15. The second kappa shape index (κ2) is 4.94. The minimum Gasteiger partial charge on any atom is -0.399 e. The van der Waals surface area contributed by atoms with Gasteiger partial charge in [0.15, 0.2) is 0 Å². The lowest BCUT2D eigenvalue weighted by atomic mass is 10.1. The lowest BCUT2D eigenvalue weighted by Gasteiger charge is -2.01. The summed E-state index contributed by atoms with van der Waals surface area (Å²) in [7, 11) is 0. The van der Waals surface area contributed by atoms with Crippen LogP contribution in [0.25, 0.3) is 10.8 Å². The van der Waals surface area contributed by atoms with Crippen molar-refractivity contribution in [2.75, 3.05) is 11.5 Å². The summed E-state index contributed by atoms with van der Waals surface area (Å²) in [4.78, 5) is 0. The van der Waals surface area contributed by atoms with E-state index >= 15 is 0 Å². The minimum absolute atomic E-state index is 0. The summed E-state index contributed by atoms with van der Waals surface area (Å²) < 4.78 is 0. The maximum atomic E-state index is 5.77. The van der Waals surface area contributed by atoms with E-state index < -0.39 is 0 Å². The van der Waals surface area contributed by atoms with Crippen molar-refractivity contribution in [2.45, 2.75) is 0 Å². The van der Waals surface area contributed by atoms with Crippen LogP contribution in [0, 0.1) is 0 Å². The molecule has 0 aliphatic heterocycles. The van der Waals surface area contributed by atoms with E-state index in [4.69, 9.17) is 11.5 Å². The number of rotatable bonds is 0. The lowest BCUT2D eigenvalue weighted by Crippen LogP contribution is -1.88. The van der Waals surface area contributed by atoms with Crippen LogP contribution in [0.15, 0.2) is 36.4 Å². The van der Waals surface area contributed by atoms with Crippen molar-refractivity contribution in [1.82, 2.24) is 0 Å². The van der Waals surface area contributed by atoms with Crippen molar-refractivity contribution < 1.29 is 0 Å². The molecule has 76 valence electrons. The van der Waals surface area contributed by atoms with E-state index in [9.17, 15) is 0 Å². The molecule has 0 aliphatic rings. The van der Waals surface area contributed by atoms with Crippen LogP contribution >= 0.6 is 24.8 Å². The van der Waals surface area contributed by atoms with Gasteiger partial charge in [0.2, 0.25) is 0 Å². The van der Waals surface area contributed by atoms with E-state index in [2.05, 4.69) is 0 Å². The highest BCUT2D eigenvalue weighted by molar-refractivity contribution is 5.94. The van der Waals surface area contributed by atoms with Gasteiger partial charge in [0.25, 0.3) is 0 Å². The van der Waals surface area contributed by atoms with Gasteiger partial charge in [-0.1, -0.05) is 18.2 Å². The number of hydrogen-bond acceptors (Lipinski definition) is 2. The Balaban J connectivity index is 0.000000845. The molecule has 0 saturated carbocycles. The summed E-state index contributed by atoms with van der Waals surface area (Å²) in [6, 6.07) is 11.5. The first kappa shape index (κ1) is 12.9. The quantitative estimate of drug-likeness (QED) is 0.685. The molecule has 2 aromatic carbocycles. The molecule has 0 fully saturated rings. The summed E-state index contributed by atoms with van der Waals surface area (Å²) in [6.07, 6.45) is 0. The Hall–Kier alpha value is -1.12. The molecule has 2 aromatic rings. The second-order valence-corrected chi connectivity index (χ2v) is 2.83. The van der Waals surface area contributed by atoms with E-state index in [0.29, 0.717) is 0 Å². The van der Waals surface area contributed by atoms with Crippen molar-refractivity contribution >= 4 is 47.0 Å². The predicted molar refractivity (Wildman–Crippen MR) is 67.3 cm³/mol. The highest BCUT2D eigenvalue weighted by Crippen LogP contribution is 2.22. The average Bonchev–Trinajstić information content (AvgIpc) is 2.04. The molecule has 4 N–H and O–H groups in total. The number of nitrogens with two attached hydrogens (primary N) is 2. The molecule has 4 heteroatoms. The topological polar surface area (TPSA) is 52.0 Å². The third kappa shape index (κ3) is 2.22. The number of fused-ring (bicyclic) bond motifs is 1. The molecule has 0 saturated heterocycles. The van der Waals surface area contributed by atoms with Crippen LogP contribution < -0.4 is 11.5 Å². The molecule has 0 unspecified atom stereocenters. The van der Waals surface area contributed by atoms with Crippen molar-refractivity contribution in [3.63, 3.8) is 0 Å². The molecule has 0 radical (unpaired) electrons. The Morgan fingerprint density at radius 3 is 2.29 bits per heavy atom. The monoisotopic (exact) mass is 230 g/mol. The molecular weight excluding hydrogens is 219 g/mol. The molecule has 0 aromatic heterocycles. The van der Waals surface area contributed by atoms with Gasteiger partial charge in [-0.25, -0.2) is 0 Å². The molecule has 0 amide bonds. The van der Waals surface area contributed by atoms with Gasteiger partial charge in [-0.15, -0.1) is 24.8 Å². The predicted octanol–water partition coefficient (Wildman–Crippen LogP) is 2.85. The van der Waals surface area contributed by atoms with Crippen LogP contribution in [-0.4, -0.2) is 0 Å². The van der Waals surface area contributed by atoms with E-state index in [1.54, 1.807) is 0 Å². The molecule has 2 nitrogen and oxygen atoms in total. The van der Waals surface area contributed by atoms with Crippen molar-refractivity contribution in [2.24, 2.45) is 0 Å². The Labute approximate surface area is 95.1 Å². The van der Waals surface area contributed by atoms with E-state index in [1.807, 2.05) is 36.4 Å². The largest absolute Gasteiger partial charge is 0.399 e. The zero-order valence-corrected chi connectivity index (χ0v) is 9.07. The summed E-state index contributed by atoms with van der Waals surface area (Å²) in [6.45, 7) is 0. The van der Waals surface area contributed by atoms with Gasteiger partial charge < -0.3 is 11.5 Å². The fourth-order valence-corrected chi connectivity index (χ4v) is 1.33. The van der Waals surface area contributed by atoms with Gasteiger partial charge in [-0.3, -0.25) is 0 Å². The van der Waals surface area contributed by atoms with Crippen molar-refractivity contribution in [1.29, 1.82) is 0 Å². The highest BCUT2D eigenvalue weighted by Gasteiger charge is 1.95. The zero-order valence-electron chi connectivity index (χ0n) is 7.44. The number of halogens is 2. The Morgan fingerprint density at radius 1 is 0.857 bits per heavy atom. The number of benzene rings is 2. The fraction of sp³-hybridized carbons (Fsp3) is 0.